The monoisotopic (exact) mass is 441 g/mol. The number of carbonyl (C=O) groups is 1. The van der Waals surface area contributed by atoms with Crippen molar-refractivity contribution in [2.75, 3.05) is 13.1 Å². The molecular weight excluding hydrogens is 418 g/mol. The second kappa shape index (κ2) is 9.55. The fraction of sp³-hybridized carbons (Fsp3) is 0.318. The highest BCUT2D eigenvalue weighted by atomic mass is 35.5. The van der Waals surface area contributed by atoms with Gasteiger partial charge in [-0.3, -0.25) is 19.4 Å². The van der Waals surface area contributed by atoms with Crippen molar-refractivity contribution in [1.29, 1.82) is 0 Å². The van der Waals surface area contributed by atoms with Crippen LogP contribution in [0.3, 0.4) is 0 Å². The van der Waals surface area contributed by atoms with Crippen LogP contribution in [0.15, 0.2) is 48.5 Å². The van der Waals surface area contributed by atoms with E-state index in [0.717, 1.165) is 30.8 Å². The van der Waals surface area contributed by atoms with Crippen LogP contribution >= 0.6 is 23.8 Å². The fourth-order valence-electron chi connectivity index (χ4n) is 3.74. The zero-order valence-electron chi connectivity index (χ0n) is 16.6. The van der Waals surface area contributed by atoms with Gasteiger partial charge in [0.15, 0.2) is 10.6 Å². The van der Waals surface area contributed by atoms with Gasteiger partial charge in [-0.25, -0.2) is 0 Å². The van der Waals surface area contributed by atoms with Gasteiger partial charge in [0.2, 0.25) is 5.91 Å². The zero-order chi connectivity index (χ0) is 20.9. The number of aromatic nitrogens is 3. The van der Waals surface area contributed by atoms with Crippen molar-refractivity contribution in [2.24, 2.45) is 0 Å². The van der Waals surface area contributed by atoms with E-state index < -0.39 is 0 Å². The van der Waals surface area contributed by atoms with Crippen LogP contribution in [0.25, 0.3) is 11.4 Å². The predicted molar refractivity (Wildman–Crippen MR) is 121 cm³/mol. The number of nitrogens with zero attached hydrogens (tertiary/aromatic N) is 3. The van der Waals surface area contributed by atoms with Gasteiger partial charge in [0.1, 0.15) is 6.54 Å². The van der Waals surface area contributed by atoms with Gasteiger partial charge in [0.05, 0.1) is 0 Å². The van der Waals surface area contributed by atoms with Gasteiger partial charge in [-0.15, -0.1) is 0 Å². The lowest BCUT2D eigenvalue weighted by molar-refractivity contribution is -0.121. The molecule has 1 saturated heterocycles. The van der Waals surface area contributed by atoms with Crippen molar-refractivity contribution in [1.82, 2.24) is 25.0 Å². The molecule has 0 aliphatic carbocycles. The third-order valence-corrected chi connectivity index (χ3v) is 5.91. The quantitative estimate of drug-likeness (QED) is 0.540. The third-order valence-electron chi connectivity index (χ3n) is 5.35. The average molecular weight is 442 g/mol. The molecule has 6 nitrogen and oxygen atoms in total. The molecule has 0 radical (unpaired) electrons. The average Bonchev–Trinajstić information content (AvgIpc) is 3.38. The van der Waals surface area contributed by atoms with Gasteiger partial charge >= 0.3 is 0 Å². The molecule has 0 bridgehead atoms. The number of rotatable bonds is 7. The predicted octanol–water partition coefficient (Wildman–Crippen LogP) is 4.17. The Labute approximate surface area is 185 Å². The molecule has 8 heteroatoms. The number of benzene rings is 2. The standard InChI is InChI=1S/C22H24ClN5OS/c23-19-9-7-16(8-10-19)21-25-26-22(30)28(21)15-20(29)24-13-17-5-1-2-6-18(17)14-27-11-3-4-12-27/h1-2,5-10H,3-4,11-15H2,(H,24,29)(H,26,30). The Morgan fingerprint density at radius 2 is 1.80 bits per heavy atom. The van der Waals surface area contributed by atoms with Crippen LogP contribution in [0.5, 0.6) is 0 Å². The molecule has 1 aliphatic heterocycles. The second-order valence-electron chi connectivity index (χ2n) is 7.47. The Morgan fingerprint density at radius 3 is 2.53 bits per heavy atom. The van der Waals surface area contributed by atoms with Crippen LogP contribution < -0.4 is 5.32 Å². The summed E-state index contributed by atoms with van der Waals surface area (Å²) < 4.78 is 2.11. The van der Waals surface area contributed by atoms with E-state index in [0.29, 0.717) is 22.2 Å². The normalized spacial score (nSPS) is 14.2. The number of likely N-dealkylation sites (tertiary alicyclic amines) is 1. The summed E-state index contributed by atoms with van der Waals surface area (Å²) in [6.07, 6.45) is 2.53. The summed E-state index contributed by atoms with van der Waals surface area (Å²) in [7, 11) is 0. The van der Waals surface area contributed by atoms with Crippen molar-refractivity contribution in [2.45, 2.75) is 32.5 Å². The summed E-state index contributed by atoms with van der Waals surface area (Å²) in [6, 6.07) is 15.6. The van der Waals surface area contributed by atoms with Crippen LogP contribution in [0.1, 0.15) is 24.0 Å². The molecule has 1 aliphatic rings. The van der Waals surface area contributed by atoms with Crippen LogP contribution in [0.4, 0.5) is 0 Å². The highest BCUT2D eigenvalue weighted by Gasteiger charge is 2.15. The number of amides is 1. The summed E-state index contributed by atoms with van der Waals surface area (Å²) in [4.78, 5) is 15.1. The van der Waals surface area contributed by atoms with Gasteiger partial charge in [0, 0.05) is 23.7 Å². The third kappa shape index (κ3) is 4.98. The molecule has 1 fully saturated rings. The SMILES string of the molecule is O=C(Cn1c(-c2ccc(Cl)cc2)n[nH]c1=S)NCc1ccccc1CN1CCCC1. The number of nitrogens with one attached hydrogen (secondary N) is 2. The van der Waals surface area contributed by atoms with Crippen LogP contribution in [0.2, 0.25) is 5.02 Å². The van der Waals surface area contributed by atoms with E-state index in [1.54, 1.807) is 16.7 Å². The molecule has 0 unspecified atom stereocenters. The Balaban J connectivity index is 1.42. The first kappa shape index (κ1) is 20.8. The molecule has 3 aromatic rings. The Kier molecular flexibility index (Phi) is 6.62. The van der Waals surface area contributed by atoms with Gasteiger partial charge in [0.25, 0.3) is 0 Å². The molecule has 0 spiro atoms. The van der Waals surface area contributed by atoms with Crippen LogP contribution in [-0.2, 0) is 24.4 Å². The minimum atomic E-state index is -0.112. The molecule has 30 heavy (non-hydrogen) atoms. The fourth-order valence-corrected chi connectivity index (χ4v) is 4.07. The number of carbonyl (C=O) groups excluding carboxylic acids is 1. The molecule has 4 rings (SSSR count). The number of hydrogen-bond acceptors (Lipinski definition) is 4. The Hall–Kier alpha value is -2.48. The van der Waals surface area contributed by atoms with Crippen molar-refractivity contribution >= 4 is 29.7 Å². The summed E-state index contributed by atoms with van der Waals surface area (Å²) in [6.45, 7) is 3.81. The lowest BCUT2D eigenvalue weighted by atomic mass is 10.1. The van der Waals surface area contributed by atoms with E-state index in [1.807, 2.05) is 18.2 Å². The largest absolute Gasteiger partial charge is 0.350 e. The smallest absolute Gasteiger partial charge is 0.240 e. The Bertz CT molecular complexity index is 1070. The molecule has 156 valence electrons. The van der Waals surface area contributed by atoms with E-state index in [1.165, 1.54) is 18.4 Å². The molecule has 2 heterocycles. The summed E-state index contributed by atoms with van der Waals surface area (Å²) in [5.74, 6) is 0.500. The topological polar surface area (TPSA) is 66.0 Å². The van der Waals surface area contributed by atoms with Crippen LogP contribution in [0, 0.1) is 4.77 Å². The first-order valence-corrected chi connectivity index (χ1v) is 10.9. The highest BCUT2D eigenvalue weighted by molar-refractivity contribution is 7.71. The van der Waals surface area contributed by atoms with E-state index in [2.05, 4.69) is 38.6 Å². The summed E-state index contributed by atoms with van der Waals surface area (Å²) >= 11 is 11.3. The first-order valence-electron chi connectivity index (χ1n) is 10.1. The number of H-pyrrole nitrogens is 1. The van der Waals surface area contributed by atoms with Crippen molar-refractivity contribution in [3.8, 4) is 11.4 Å². The zero-order valence-corrected chi connectivity index (χ0v) is 18.2. The first-order chi connectivity index (χ1) is 14.6. The lowest BCUT2D eigenvalue weighted by Crippen LogP contribution is -2.28. The minimum absolute atomic E-state index is 0.0988. The van der Waals surface area contributed by atoms with E-state index in [4.69, 9.17) is 23.8 Å². The van der Waals surface area contributed by atoms with E-state index in [9.17, 15) is 4.79 Å². The highest BCUT2D eigenvalue weighted by Crippen LogP contribution is 2.20. The maximum absolute atomic E-state index is 12.7. The maximum atomic E-state index is 12.7. The molecule has 2 N–H and O–H groups in total. The molecule has 1 aromatic heterocycles. The van der Waals surface area contributed by atoms with Gasteiger partial charge in [-0.1, -0.05) is 35.9 Å². The molecule has 1 amide bonds. The minimum Gasteiger partial charge on any atom is -0.350 e. The molecule has 2 aromatic carbocycles. The molecule has 0 saturated carbocycles. The number of aromatic amines is 1. The van der Waals surface area contributed by atoms with E-state index >= 15 is 0 Å². The van der Waals surface area contributed by atoms with Crippen LogP contribution in [-0.4, -0.2) is 38.7 Å². The number of halogens is 1. The number of hydrogen-bond donors (Lipinski definition) is 2. The lowest BCUT2D eigenvalue weighted by Gasteiger charge is -2.18. The van der Waals surface area contributed by atoms with Gasteiger partial charge in [-0.05, 0) is 73.5 Å². The van der Waals surface area contributed by atoms with Crippen molar-refractivity contribution in [3.63, 3.8) is 0 Å². The Morgan fingerprint density at radius 1 is 1.10 bits per heavy atom. The molecule has 0 atom stereocenters. The summed E-state index contributed by atoms with van der Waals surface area (Å²) in [5.41, 5.74) is 3.25. The van der Waals surface area contributed by atoms with E-state index in [-0.39, 0.29) is 12.5 Å². The van der Waals surface area contributed by atoms with Gasteiger partial charge in [-0.2, -0.15) is 5.10 Å². The van der Waals surface area contributed by atoms with Crippen molar-refractivity contribution < 1.29 is 4.79 Å². The maximum Gasteiger partial charge on any atom is 0.240 e. The van der Waals surface area contributed by atoms with Gasteiger partial charge < -0.3 is 5.32 Å². The molecular formula is C22H24ClN5OS. The second-order valence-corrected chi connectivity index (χ2v) is 8.30. The van der Waals surface area contributed by atoms with Crippen molar-refractivity contribution in [3.05, 3.63) is 69.5 Å². The summed E-state index contributed by atoms with van der Waals surface area (Å²) in [5, 5.41) is 10.7.